The number of hydrogen-bond acceptors (Lipinski definition) is 2. The maximum absolute atomic E-state index is 13.0. The zero-order chi connectivity index (χ0) is 16.2. The van der Waals surface area contributed by atoms with E-state index in [-0.39, 0.29) is 18.5 Å². The van der Waals surface area contributed by atoms with Crippen molar-refractivity contribution in [2.75, 3.05) is 13.1 Å². The Hall–Kier alpha value is -1.82. The van der Waals surface area contributed by atoms with Crippen molar-refractivity contribution >= 4 is 5.91 Å². The van der Waals surface area contributed by atoms with Crippen molar-refractivity contribution in [3.63, 3.8) is 0 Å². The summed E-state index contributed by atoms with van der Waals surface area (Å²) in [5.74, 6) is -0.208. The topological polar surface area (TPSA) is 32.3 Å². The van der Waals surface area contributed by atoms with Crippen LogP contribution in [0.5, 0.6) is 0 Å². The molecule has 1 aromatic rings. The molecule has 1 saturated heterocycles. The smallest absolute Gasteiger partial charge is 0.350 e. The van der Waals surface area contributed by atoms with Crippen molar-refractivity contribution in [2.24, 2.45) is 0 Å². The van der Waals surface area contributed by atoms with E-state index in [9.17, 15) is 18.0 Å². The van der Waals surface area contributed by atoms with E-state index in [2.05, 4.69) is 11.9 Å². The Labute approximate surface area is 127 Å². The van der Waals surface area contributed by atoms with Gasteiger partial charge in [-0.25, -0.2) is 0 Å². The summed E-state index contributed by atoms with van der Waals surface area (Å²) in [4.78, 5) is 13.2. The summed E-state index contributed by atoms with van der Waals surface area (Å²) in [5.41, 5.74) is -0.277. The summed E-state index contributed by atoms with van der Waals surface area (Å²) in [6.07, 6.45) is -1.64. The normalized spacial score (nSPS) is 17.2. The Balaban J connectivity index is 1.94. The van der Waals surface area contributed by atoms with E-state index in [1.165, 1.54) is 18.2 Å². The zero-order valence-electron chi connectivity index (χ0n) is 12.2. The van der Waals surface area contributed by atoms with Crippen molar-refractivity contribution in [3.8, 4) is 0 Å². The largest absolute Gasteiger partial charge is 0.416 e. The van der Waals surface area contributed by atoms with E-state index in [1.807, 2.05) is 4.90 Å². The first-order valence-electron chi connectivity index (χ1n) is 7.20. The Bertz CT molecular complexity index is 534. The summed E-state index contributed by atoms with van der Waals surface area (Å²) in [6, 6.07) is 5.74. The maximum atomic E-state index is 13.0. The van der Waals surface area contributed by atoms with E-state index < -0.39 is 11.7 Å². The standard InChI is InChI=1S/C16H19F3N2O/c1-2-15(22)20-13-7-9-21(10-8-13)11-12-5-3-4-6-14(12)16(17,18)19/h2-6,13H,1,7-11H2,(H,20,22). The van der Waals surface area contributed by atoms with Gasteiger partial charge in [-0.05, 0) is 30.5 Å². The van der Waals surface area contributed by atoms with Gasteiger partial charge in [-0.3, -0.25) is 9.69 Å². The lowest BCUT2D eigenvalue weighted by Crippen LogP contribution is -2.44. The quantitative estimate of drug-likeness (QED) is 0.867. The summed E-state index contributed by atoms with van der Waals surface area (Å²) >= 11 is 0. The second-order valence-corrected chi connectivity index (χ2v) is 5.42. The van der Waals surface area contributed by atoms with Gasteiger partial charge in [0.25, 0.3) is 0 Å². The van der Waals surface area contributed by atoms with Crippen LogP contribution in [0, 0.1) is 0 Å². The fraction of sp³-hybridized carbons (Fsp3) is 0.438. The van der Waals surface area contributed by atoms with E-state index in [4.69, 9.17) is 0 Å². The van der Waals surface area contributed by atoms with Crippen LogP contribution in [0.1, 0.15) is 24.0 Å². The van der Waals surface area contributed by atoms with Crippen LogP contribution in [0.25, 0.3) is 0 Å². The summed E-state index contributed by atoms with van der Waals surface area (Å²) in [5, 5.41) is 2.82. The molecule has 0 spiro atoms. The van der Waals surface area contributed by atoms with Crippen molar-refractivity contribution in [2.45, 2.75) is 31.6 Å². The fourth-order valence-corrected chi connectivity index (χ4v) is 2.67. The molecule has 2 rings (SSSR count). The van der Waals surface area contributed by atoms with Crippen LogP contribution >= 0.6 is 0 Å². The molecule has 1 N–H and O–H groups in total. The second-order valence-electron chi connectivity index (χ2n) is 5.42. The molecule has 0 atom stereocenters. The molecule has 1 aromatic carbocycles. The number of amides is 1. The Kier molecular flexibility index (Phi) is 5.24. The Morgan fingerprint density at radius 1 is 1.32 bits per heavy atom. The minimum Gasteiger partial charge on any atom is -0.350 e. The monoisotopic (exact) mass is 312 g/mol. The first-order valence-corrected chi connectivity index (χ1v) is 7.20. The molecule has 0 aromatic heterocycles. The van der Waals surface area contributed by atoms with Gasteiger partial charge in [0.2, 0.25) is 5.91 Å². The molecule has 1 heterocycles. The highest BCUT2D eigenvalue weighted by Gasteiger charge is 2.33. The molecule has 0 bridgehead atoms. The van der Waals surface area contributed by atoms with Gasteiger partial charge in [-0.15, -0.1) is 0 Å². The Morgan fingerprint density at radius 3 is 2.55 bits per heavy atom. The highest BCUT2D eigenvalue weighted by atomic mass is 19.4. The molecule has 1 fully saturated rings. The average molecular weight is 312 g/mol. The summed E-state index contributed by atoms with van der Waals surface area (Å²) in [6.45, 7) is 5.00. The van der Waals surface area contributed by atoms with Crippen LogP contribution in [0.15, 0.2) is 36.9 Å². The third-order valence-electron chi connectivity index (χ3n) is 3.84. The molecule has 3 nitrogen and oxygen atoms in total. The number of carbonyl (C=O) groups is 1. The van der Waals surface area contributed by atoms with Crippen LogP contribution < -0.4 is 5.32 Å². The number of piperidine rings is 1. The average Bonchev–Trinajstić information content (AvgIpc) is 2.48. The molecule has 1 amide bonds. The van der Waals surface area contributed by atoms with Crippen LogP contribution in [-0.4, -0.2) is 29.9 Å². The highest BCUT2D eigenvalue weighted by molar-refractivity contribution is 5.87. The first-order chi connectivity index (χ1) is 10.4. The molecule has 0 aliphatic carbocycles. The van der Waals surface area contributed by atoms with Gasteiger partial charge < -0.3 is 5.32 Å². The molecule has 120 valence electrons. The highest BCUT2D eigenvalue weighted by Crippen LogP contribution is 2.32. The number of likely N-dealkylation sites (tertiary alicyclic amines) is 1. The number of carbonyl (C=O) groups excluding carboxylic acids is 1. The Morgan fingerprint density at radius 2 is 1.95 bits per heavy atom. The molecule has 0 radical (unpaired) electrons. The van der Waals surface area contributed by atoms with Crippen molar-refractivity contribution < 1.29 is 18.0 Å². The lowest BCUT2D eigenvalue weighted by molar-refractivity contribution is -0.138. The van der Waals surface area contributed by atoms with Crippen molar-refractivity contribution in [1.29, 1.82) is 0 Å². The van der Waals surface area contributed by atoms with Crippen molar-refractivity contribution in [1.82, 2.24) is 10.2 Å². The SMILES string of the molecule is C=CC(=O)NC1CCN(Cc2ccccc2C(F)(F)F)CC1. The van der Waals surface area contributed by atoms with E-state index >= 15 is 0 Å². The van der Waals surface area contributed by atoms with Gasteiger partial charge in [-0.2, -0.15) is 13.2 Å². The number of hydrogen-bond donors (Lipinski definition) is 1. The van der Waals surface area contributed by atoms with Crippen LogP contribution in [0.4, 0.5) is 13.2 Å². The third-order valence-corrected chi connectivity index (χ3v) is 3.84. The van der Waals surface area contributed by atoms with Gasteiger partial charge in [-0.1, -0.05) is 24.8 Å². The maximum Gasteiger partial charge on any atom is 0.416 e. The fourth-order valence-electron chi connectivity index (χ4n) is 2.67. The minimum atomic E-state index is -4.33. The minimum absolute atomic E-state index is 0.0691. The van der Waals surface area contributed by atoms with Gasteiger partial charge in [0.1, 0.15) is 0 Å². The lowest BCUT2D eigenvalue weighted by atomic mass is 10.0. The van der Waals surface area contributed by atoms with Gasteiger partial charge in [0, 0.05) is 25.7 Å². The van der Waals surface area contributed by atoms with Crippen LogP contribution in [0.3, 0.4) is 0 Å². The molecule has 6 heteroatoms. The van der Waals surface area contributed by atoms with E-state index in [1.54, 1.807) is 6.07 Å². The molecule has 0 unspecified atom stereocenters. The summed E-state index contributed by atoms with van der Waals surface area (Å²) in [7, 11) is 0. The first kappa shape index (κ1) is 16.5. The summed E-state index contributed by atoms with van der Waals surface area (Å²) < 4.78 is 38.9. The number of benzene rings is 1. The molecular weight excluding hydrogens is 293 g/mol. The van der Waals surface area contributed by atoms with Gasteiger partial charge >= 0.3 is 6.18 Å². The predicted molar refractivity (Wildman–Crippen MR) is 78.1 cm³/mol. The second kappa shape index (κ2) is 6.96. The van der Waals surface area contributed by atoms with Crippen LogP contribution in [-0.2, 0) is 17.5 Å². The lowest BCUT2D eigenvalue weighted by Gasteiger charge is -2.32. The zero-order valence-corrected chi connectivity index (χ0v) is 12.2. The van der Waals surface area contributed by atoms with E-state index in [0.717, 1.165) is 18.9 Å². The van der Waals surface area contributed by atoms with Gasteiger partial charge in [0.05, 0.1) is 5.56 Å². The number of nitrogens with one attached hydrogen (secondary N) is 1. The molecule has 1 aliphatic rings. The number of halogens is 3. The number of nitrogens with zero attached hydrogens (tertiary/aromatic N) is 1. The predicted octanol–water partition coefficient (Wildman–Crippen LogP) is 2.97. The van der Waals surface area contributed by atoms with Gasteiger partial charge in [0.15, 0.2) is 0 Å². The molecule has 1 aliphatic heterocycles. The van der Waals surface area contributed by atoms with Crippen LogP contribution in [0.2, 0.25) is 0 Å². The molecular formula is C16H19F3N2O. The number of rotatable bonds is 4. The van der Waals surface area contributed by atoms with Crippen molar-refractivity contribution in [3.05, 3.63) is 48.0 Å². The number of alkyl halides is 3. The molecule has 22 heavy (non-hydrogen) atoms. The third kappa shape index (κ3) is 4.34. The van der Waals surface area contributed by atoms with E-state index in [0.29, 0.717) is 18.7 Å². The molecule has 0 saturated carbocycles.